The molecule has 0 heterocycles. The maximum Gasteiger partial charge on any atom is 1.00 e. The summed E-state index contributed by atoms with van der Waals surface area (Å²) >= 11 is 0. The maximum absolute atomic E-state index is 10.4. The molecule has 0 spiro atoms. The van der Waals surface area contributed by atoms with Gasteiger partial charge in [0.15, 0.2) is 0 Å². The predicted molar refractivity (Wildman–Crippen MR) is 61.2 cm³/mol. The molecule has 0 aliphatic heterocycles. The van der Waals surface area contributed by atoms with E-state index in [1.807, 2.05) is 0 Å². The second-order valence-corrected chi connectivity index (χ2v) is 11.1. The zero-order valence-electron chi connectivity index (χ0n) is 10.4. The molecular weight excluding hydrogens is 239 g/mol. The minimum atomic E-state index is -4.00. The smallest absolute Gasteiger partial charge is 0.748 e. The van der Waals surface area contributed by atoms with Crippen molar-refractivity contribution in [2.45, 2.75) is 51.4 Å². The Morgan fingerprint density at radius 1 is 1.07 bits per heavy atom. The zero-order valence-corrected chi connectivity index (χ0v) is 14.2. The largest absolute Gasteiger partial charge is 1.00 e. The summed E-state index contributed by atoms with van der Waals surface area (Å²) in [5.74, 6) is -0.179. The summed E-state index contributed by atoms with van der Waals surface area (Å²) in [6.07, 6.45) is 0.563. The van der Waals surface area contributed by atoms with Crippen LogP contribution in [0.15, 0.2) is 0 Å². The van der Waals surface area contributed by atoms with Gasteiger partial charge in [0.25, 0.3) is 0 Å². The standard InChI is InChI=1S/C9H22O3SSi.Na/c1-4-14(5-2,6-3)9-7-8-13(10,11)12;/h4-9H2,1-3H3,(H,10,11,12);/q;+1/p-1. The van der Waals surface area contributed by atoms with Crippen LogP contribution in [0.25, 0.3) is 0 Å². The summed E-state index contributed by atoms with van der Waals surface area (Å²) in [4.78, 5) is 0. The molecule has 0 N–H and O–H groups in total. The average molecular weight is 260 g/mol. The van der Waals surface area contributed by atoms with Gasteiger partial charge in [0.05, 0.1) is 18.2 Å². The fraction of sp³-hybridized carbons (Fsp3) is 1.00. The van der Waals surface area contributed by atoms with Crippen LogP contribution in [0, 0.1) is 0 Å². The average Bonchev–Trinajstić information content (AvgIpc) is 2.11. The molecule has 0 atom stereocenters. The van der Waals surface area contributed by atoms with Gasteiger partial charge in [-0.25, -0.2) is 8.42 Å². The third-order valence-corrected chi connectivity index (χ3v) is 10.1. The van der Waals surface area contributed by atoms with Crippen molar-refractivity contribution in [1.29, 1.82) is 0 Å². The molecule has 0 bridgehead atoms. The van der Waals surface area contributed by atoms with E-state index in [1.54, 1.807) is 0 Å². The van der Waals surface area contributed by atoms with Crippen LogP contribution in [0.4, 0.5) is 0 Å². The summed E-state index contributed by atoms with van der Waals surface area (Å²) in [6, 6.07) is 4.56. The molecule has 0 saturated carbocycles. The first-order valence-electron chi connectivity index (χ1n) is 5.32. The Labute approximate surface area is 117 Å². The minimum absolute atomic E-state index is 0. The molecule has 6 heteroatoms. The Hall–Kier alpha value is 1.13. The quantitative estimate of drug-likeness (QED) is 0.455. The first-order valence-corrected chi connectivity index (χ1v) is 9.73. The molecule has 0 fully saturated rings. The molecule has 3 nitrogen and oxygen atoms in total. The van der Waals surface area contributed by atoms with Gasteiger partial charge in [-0.15, -0.1) is 0 Å². The van der Waals surface area contributed by atoms with Gasteiger partial charge in [-0.3, -0.25) is 0 Å². The molecule has 0 aromatic rings. The van der Waals surface area contributed by atoms with Crippen molar-refractivity contribution >= 4 is 18.2 Å². The molecule has 0 aliphatic carbocycles. The Balaban J connectivity index is 0. The van der Waals surface area contributed by atoms with E-state index in [-0.39, 0.29) is 35.3 Å². The number of rotatable bonds is 7. The third-order valence-electron chi connectivity index (χ3n) is 3.35. The van der Waals surface area contributed by atoms with Crippen LogP contribution in [-0.2, 0) is 10.1 Å². The Morgan fingerprint density at radius 2 is 1.47 bits per heavy atom. The van der Waals surface area contributed by atoms with Crippen LogP contribution in [-0.4, -0.2) is 26.8 Å². The third kappa shape index (κ3) is 7.93. The van der Waals surface area contributed by atoms with Gasteiger partial charge in [0.1, 0.15) is 0 Å². The van der Waals surface area contributed by atoms with Gasteiger partial charge >= 0.3 is 29.6 Å². The molecule has 0 aromatic heterocycles. The number of hydrogen-bond acceptors (Lipinski definition) is 3. The number of hydrogen-bond donors (Lipinski definition) is 0. The van der Waals surface area contributed by atoms with Crippen molar-refractivity contribution in [2.24, 2.45) is 0 Å². The zero-order chi connectivity index (χ0) is 11.2. The van der Waals surface area contributed by atoms with E-state index in [4.69, 9.17) is 0 Å². The van der Waals surface area contributed by atoms with Crippen molar-refractivity contribution in [3.05, 3.63) is 0 Å². The van der Waals surface area contributed by atoms with Crippen molar-refractivity contribution in [2.75, 3.05) is 5.75 Å². The summed E-state index contributed by atoms with van der Waals surface area (Å²) in [7, 11) is -5.22. The van der Waals surface area contributed by atoms with E-state index in [1.165, 1.54) is 18.1 Å². The van der Waals surface area contributed by atoms with Crippen LogP contribution in [0.5, 0.6) is 0 Å². The van der Waals surface area contributed by atoms with E-state index in [0.29, 0.717) is 6.42 Å². The monoisotopic (exact) mass is 260 g/mol. The molecule has 0 radical (unpaired) electrons. The summed E-state index contributed by atoms with van der Waals surface area (Å²) in [5.41, 5.74) is 0. The SMILES string of the molecule is CC[Si](CC)(CC)CCCS(=O)(=O)[O-].[Na+]. The first-order chi connectivity index (χ1) is 6.39. The fourth-order valence-corrected chi connectivity index (χ4v) is 6.15. The van der Waals surface area contributed by atoms with Gasteiger partial charge in [-0.1, -0.05) is 44.9 Å². The van der Waals surface area contributed by atoms with Crippen molar-refractivity contribution in [3.63, 3.8) is 0 Å². The molecule has 0 saturated heterocycles. The fourth-order valence-electron chi connectivity index (χ4n) is 1.90. The topological polar surface area (TPSA) is 57.2 Å². The van der Waals surface area contributed by atoms with Crippen LogP contribution >= 0.6 is 0 Å². The van der Waals surface area contributed by atoms with Gasteiger partial charge in [-0.2, -0.15) is 0 Å². The minimum Gasteiger partial charge on any atom is -0.748 e. The summed E-state index contributed by atoms with van der Waals surface area (Å²) in [5, 5.41) is 0. The Bertz CT molecular complexity index is 242. The predicted octanol–water partition coefficient (Wildman–Crippen LogP) is -0.566. The molecule has 0 unspecified atom stereocenters. The van der Waals surface area contributed by atoms with Gasteiger partial charge in [-0.05, 0) is 6.42 Å². The van der Waals surface area contributed by atoms with E-state index in [2.05, 4.69) is 20.8 Å². The molecule has 0 rings (SSSR count). The molecule has 15 heavy (non-hydrogen) atoms. The maximum atomic E-state index is 10.4. The van der Waals surface area contributed by atoms with E-state index >= 15 is 0 Å². The molecule has 0 amide bonds. The normalized spacial score (nSPS) is 12.3. The second kappa shape index (κ2) is 8.25. The molecule has 0 aliphatic rings. The van der Waals surface area contributed by atoms with Crippen molar-refractivity contribution in [1.82, 2.24) is 0 Å². The van der Waals surface area contributed by atoms with Crippen LogP contribution in [0.1, 0.15) is 27.2 Å². The van der Waals surface area contributed by atoms with Gasteiger partial charge < -0.3 is 4.55 Å². The summed E-state index contributed by atoms with van der Waals surface area (Å²) < 4.78 is 31.3. The van der Waals surface area contributed by atoms with E-state index < -0.39 is 18.2 Å². The van der Waals surface area contributed by atoms with Crippen LogP contribution in [0.3, 0.4) is 0 Å². The Kier molecular flexibility index (Phi) is 10.2. The van der Waals surface area contributed by atoms with E-state index in [0.717, 1.165) is 6.04 Å². The van der Waals surface area contributed by atoms with Crippen molar-refractivity contribution in [3.8, 4) is 0 Å². The molecule has 86 valence electrons. The Morgan fingerprint density at radius 3 is 1.73 bits per heavy atom. The second-order valence-electron chi connectivity index (χ2n) is 3.93. The molecular formula is C9H21NaO3SSi. The first kappa shape index (κ1) is 18.5. The van der Waals surface area contributed by atoms with Crippen molar-refractivity contribution < 1.29 is 42.5 Å². The van der Waals surface area contributed by atoms with Gasteiger partial charge in [0, 0.05) is 5.75 Å². The van der Waals surface area contributed by atoms with E-state index in [9.17, 15) is 13.0 Å². The van der Waals surface area contributed by atoms with Crippen LogP contribution < -0.4 is 29.6 Å². The molecule has 0 aromatic carbocycles. The van der Waals surface area contributed by atoms with Crippen LogP contribution in [0.2, 0.25) is 24.2 Å². The van der Waals surface area contributed by atoms with Gasteiger partial charge in [0.2, 0.25) is 0 Å². The summed E-state index contributed by atoms with van der Waals surface area (Å²) in [6.45, 7) is 6.56.